The summed E-state index contributed by atoms with van der Waals surface area (Å²) in [5, 5.41) is 16.3. The molecule has 0 bridgehead atoms. The molecule has 0 saturated heterocycles. The van der Waals surface area contributed by atoms with E-state index in [1.165, 1.54) is 11.1 Å². The van der Waals surface area contributed by atoms with Crippen LogP contribution in [-0.4, -0.2) is 28.2 Å². The maximum atomic E-state index is 9.99. The molecule has 0 radical (unpaired) electrons. The van der Waals surface area contributed by atoms with Gasteiger partial charge in [-0.05, 0) is 20.3 Å². The Morgan fingerprint density at radius 2 is 1.50 bits per heavy atom. The maximum Gasteiger partial charge on any atom is 0.320 e. The Morgan fingerprint density at radius 1 is 1.11 bits per heavy atom. The predicted octanol–water partition coefficient (Wildman–Crippen LogP) is 1.57. The van der Waals surface area contributed by atoms with Crippen LogP contribution in [0.25, 0.3) is 0 Å². The third-order valence-electron chi connectivity index (χ3n) is 2.20. The summed E-state index contributed by atoms with van der Waals surface area (Å²) in [6, 6.07) is 7.42. The fourth-order valence-electron chi connectivity index (χ4n) is 1.04. The second-order valence-corrected chi connectivity index (χ2v) is 4.03. The zero-order valence-corrected chi connectivity index (χ0v) is 10.6. The number of hydrogen-bond acceptors (Lipinski definition) is 3. The summed E-state index contributed by atoms with van der Waals surface area (Å²) in [6.07, 6.45) is -0.224. The molecule has 5 heteroatoms. The van der Waals surface area contributed by atoms with Crippen LogP contribution in [0.2, 0.25) is 0 Å². The van der Waals surface area contributed by atoms with Crippen molar-refractivity contribution in [1.29, 1.82) is 0 Å². The van der Waals surface area contributed by atoms with Crippen molar-refractivity contribution < 1.29 is 19.8 Å². The standard InChI is InChI=1S/C8H10.C5H9NO4/c1-7-3-5-8(2)6-4-7;6-3(5(9)10)1-2-4(7)8/h3-6H,1-2H3;3H,1-2,6H2,(H,7,8)(H,9,10). The number of aryl methyl sites for hydroxylation is 2. The largest absolute Gasteiger partial charge is 0.481 e. The van der Waals surface area contributed by atoms with Crippen LogP contribution < -0.4 is 5.73 Å². The summed E-state index contributed by atoms with van der Waals surface area (Å²) < 4.78 is 0. The molecule has 0 aliphatic rings. The molecule has 0 heterocycles. The lowest BCUT2D eigenvalue weighted by molar-refractivity contribution is -0.139. The summed E-state index contributed by atoms with van der Waals surface area (Å²) in [5.41, 5.74) is 7.66. The minimum atomic E-state index is -1.17. The number of rotatable bonds is 4. The predicted molar refractivity (Wildman–Crippen MR) is 68.4 cm³/mol. The molecular formula is C13H19NO4. The molecule has 1 rings (SSSR count). The van der Waals surface area contributed by atoms with Crippen molar-refractivity contribution in [2.75, 3.05) is 0 Å². The van der Waals surface area contributed by atoms with E-state index in [0.29, 0.717) is 0 Å². The van der Waals surface area contributed by atoms with E-state index in [-0.39, 0.29) is 12.8 Å². The molecule has 18 heavy (non-hydrogen) atoms. The van der Waals surface area contributed by atoms with Crippen molar-refractivity contribution in [3.8, 4) is 0 Å². The van der Waals surface area contributed by atoms with E-state index in [4.69, 9.17) is 15.9 Å². The second kappa shape index (κ2) is 8.25. The van der Waals surface area contributed by atoms with Gasteiger partial charge >= 0.3 is 11.9 Å². The molecule has 4 N–H and O–H groups in total. The van der Waals surface area contributed by atoms with Gasteiger partial charge in [0.1, 0.15) is 6.04 Å². The Kier molecular flexibility index (Phi) is 7.38. The summed E-state index contributed by atoms with van der Waals surface area (Å²) >= 11 is 0. The highest BCUT2D eigenvalue weighted by atomic mass is 16.4. The molecule has 1 aromatic carbocycles. The van der Waals surface area contributed by atoms with Crippen LogP contribution in [0.15, 0.2) is 24.3 Å². The molecule has 0 fully saturated rings. The van der Waals surface area contributed by atoms with Crippen LogP contribution in [0, 0.1) is 13.8 Å². The van der Waals surface area contributed by atoms with Crippen molar-refractivity contribution in [3.63, 3.8) is 0 Å². The number of carboxylic acid groups (broad SMARTS) is 2. The lowest BCUT2D eigenvalue weighted by Gasteiger charge is -2.01. The topological polar surface area (TPSA) is 101 Å². The number of hydrogen-bond donors (Lipinski definition) is 3. The Morgan fingerprint density at radius 3 is 1.78 bits per heavy atom. The van der Waals surface area contributed by atoms with Gasteiger partial charge in [-0.15, -0.1) is 0 Å². The zero-order chi connectivity index (χ0) is 14.1. The van der Waals surface area contributed by atoms with E-state index in [2.05, 4.69) is 38.1 Å². The first kappa shape index (κ1) is 16.1. The van der Waals surface area contributed by atoms with Gasteiger partial charge in [-0.25, -0.2) is 0 Å². The van der Waals surface area contributed by atoms with Gasteiger partial charge in [-0.3, -0.25) is 9.59 Å². The fraction of sp³-hybridized carbons (Fsp3) is 0.385. The van der Waals surface area contributed by atoms with E-state index >= 15 is 0 Å². The number of aliphatic carboxylic acids is 2. The van der Waals surface area contributed by atoms with Gasteiger partial charge in [0, 0.05) is 6.42 Å². The average molecular weight is 253 g/mol. The first-order valence-electron chi connectivity index (χ1n) is 5.56. The smallest absolute Gasteiger partial charge is 0.320 e. The summed E-state index contributed by atoms with van der Waals surface area (Å²) in [5.74, 6) is -2.20. The first-order chi connectivity index (χ1) is 8.32. The summed E-state index contributed by atoms with van der Waals surface area (Å²) in [7, 11) is 0. The van der Waals surface area contributed by atoms with Crippen molar-refractivity contribution in [2.45, 2.75) is 32.7 Å². The van der Waals surface area contributed by atoms with Gasteiger partial charge in [0.15, 0.2) is 0 Å². The number of benzene rings is 1. The Labute approximate surface area is 106 Å². The SMILES string of the molecule is Cc1ccc(C)cc1.NC(CCC(=O)O)C(=O)O. The van der Waals surface area contributed by atoms with Gasteiger partial charge in [-0.1, -0.05) is 35.4 Å². The molecule has 0 amide bonds. The first-order valence-corrected chi connectivity index (χ1v) is 5.56. The lowest BCUT2D eigenvalue weighted by atomic mass is 10.2. The highest BCUT2D eigenvalue weighted by molar-refractivity contribution is 5.74. The van der Waals surface area contributed by atoms with E-state index in [9.17, 15) is 9.59 Å². The molecule has 0 aliphatic heterocycles. The Hall–Kier alpha value is -1.88. The normalized spacial score (nSPS) is 11.1. The molecule has 100 valence electrons. The van der Waals surface area contributed by atoms with Crippen molar-refractivity contribution >= 4 is 11.9 Å². The van der Waals surface area contributed by atoms with Gasteiger partial charge in [-0.2, -0.15) is 0 Å². The van der Waals surface area contributed by atoms with Crippen LogP contribution >= 0.6 is 0 Å². The molecule has 0 spiro atoms. The van der Waals surface area contributed by atoms with Crippen LogP contribution in [0.3, 0.4) is 0 Å². The van der Waals surface area contributed by atoms with Crippen LogP contribution in [-0.2, 0) is 9.59 Å². The minimum Gasteiger partial charge on any atom is -0.481 e. The summed E-state index contributed by atoms with van der Waals surface area (Å²) in [6.45, 7) is 4.19. The van der Waals surface area contributed by atoms with Crippen LogP contribution in [0.1, 0.15) is 24.0 Å². The molecule has 0 saturated carbocycles. The lowest BCUT2D eigenvalue weighted by Crippen LogP contribution is -2.30. The summed E-state index contributed by atoms with van der Waals surface area (Å²) in [4.78, 5) is 19.9. The van der Waals surface area contributed by atoms with Crippen LogP contribution in [0.4, 0.5) is 0 Å². The maximum absolute atomic E-state index is 9.99. The number of carboxylic acids is 2. The van der Waals surface area contributed by atoms with Gasteiger partial charge in [0.2, 0.25) is 0 Å². The van der Waals surface area contributed by atoms with E-state index in [1.54, 1.807) is 0 Å². The third-order valence-corrected chi connectivity index (χ3v) is 2.20. The van der Waals surface area contributed by atoms with Crippen molar-refractivity contribution in [1.82, 2.24) is 0 Å². The molecule has 1 aromatic rings. The Bertz CT molecular complexity index is 365. The molecule has 0 aliphatic carbocycles. The monoisotopic (exact) mass is 253 g/mol. The van der Waals surface area contributed by atoms with E-state index in [1.807, 2.05) is 0 Å². The highest BCUT2D eigenvalue weighted by Crippen LogP contribution is 1.99. The van der Waals surface area contributed by atoms with Gasteiger partial charge < -0.3 is 15.9 Å². The van der Waals surface area contributed by atoms with Crippen molar-refractivity contribution in [3.05, 3.63) is 35.4 Å². The second-order valence-electron chi connectivity index (χ2n) is 4.03. The molecular weight excluding hydrogens is 234 g/mol. The Balaban J connectivity index is 0.000000327. The third kappa shape index (κ3) is 8.29. The molecule has 1 atom stereocenters. The van der Waals surface area contributed by atoms with E-state index in [0.717, 1.165) is 0 Å². The van der Waals surface area contributed by atoms with E-state index < -0.39 is 18.0 Å². The molecule has 5 nitrogen and oxygen atoms in total. The highest BCUT2D eigenvalue weighted by Gasteiger charge is 2.12. The average Bonchev–Trinajstić information content (AvgIpc) is 2.30. The van der Waals surface area contributed by atoms with Gasteiger partial charge in [0.25, 0.3) is 0 Å². The number of carbonyl (C=O) groups is 2. The molecule has 1 unspecified atom stereocenters. The zero-order valence-electron chi connectivity index (χ0n) is 10.6. The number of nitrogens with two attached hydrogens (primary N) is 1. The minimum absolute atomic E-state index is 0.0231. The van der Waals surface area contributed by atoms with Crippen LogP contribution in [0.5, 0.6) is 0 Å². The van der Waals surface area contributed by atoms with Gasteiger partial charge in [0.05, 0.1) is 0 Å². The fourth-order valence-corrected chi connectivity index (χ4v) is 1.04. The molecule has 0 aromatic heterocycles. The van der Waals surface area contributed by atoms with Crippen molar-refractivity contribution in [2.24, 2.45) is 5.73 Å². The quantitative estimate of drug-likeness (QED) is 0.756.